The molecule has 0 heterocycles. The molecule has 0 radical (unpaired) electrons. The molecule has 1 rings (SSSR count). The van der Waals surface area contributed by atoms with Gasteiger partial charge in [-0.2, -0.15) is 0 Å². The summed E-state index contributed by atoms with van der Waals surface area (Å²) in [6.07, 6.45) is 4.52. The predicted molar refractivity (Wildman–Crippen MR) is 78.8 cm³/mol. The van der Waals surface area contributed by atoms with Crippen molar-refractivity contribution in [3.63, 3.8) is 0 Å². The Morgan fingerprint density at radius 3 is 2.29 bits per heavy atom. The Hall–Kier alpha value is -1.31. The lowest BCUT2D eigenvalue weighted by Gasteiger charge is -2.26. The number of carbonyl (C=O) groups is 2. The first-order valence-electron chi connectivity index (χ1n) is 7.20. The van der Waals surface area contributed by atoms with Crippen LogP contribution < -0.4 is 10.6 Å². The Balaban J connectivity index is 2.10. The first-order chi connectivity index (χ1) is 9.78. The molecule has 21 heavy (non-hydrogen) atoms. The highest BCUT2D eigenvalue weighted by Crippen LogP contribution is 2.28. The van der Waals surface area contributed by atoms with Crippen LogP contribution in [0, 0.1) is 11.8 Å². The van der Waals surface area contributed by atoms with Crippen LogP contribution in [0.1, 0.15) is 32.1 Å². The minimum Gasteiger partial charge on any atom is -0.481 e. The average molecular weight is 320 g/mol. The molecule has 1 aliphatic carbocycles. The minimum atomic E-state index is -2.98. The van der Waals surface area contributed by atoms with Gasteiger partial charge in [0.2, 0.25) is 0 Å². The van der Waals surface area contributed by atoms with Crippen molar-refractivity contribution in [1.82, 2.24) is 10.6 Å². The summed E-state index contributed by atoms with van der Waals surface area (Å²) in [5.41, 5.74) is 0. The number of hydrogen-bond acceptors (Lipinski definition) is 4. The molecule has 0 aromatic carbocycles. The monoisotopic (exact) mass is 320 g/mol. The smallest absolute Gasteiger partial charge is 0.314 e. The van der Waals surface area contributed by atoms with E-state index in [0.29, 0.717) is 38.3 Å². The zero-order chi connectivity index (χ0) is 15.9. The van der Waals surface area contributed by atoms with Gasteiger partial charge in [-0.3, -0.25) is 4.79 Å². The largest absolute Gasteiger partial charge is 0.481 e. The maximum atomic E-state index is 11.5. The number of rotatable bonds is 7. The molecule has 1 fully saturated rings. The molecule has 7 nitrogen and oxygen atoms in total. The molecule has 0 bridgehead atoms. The minimum absolute atomic E-state index is 0.0620. The molecule has 3 N–H and O–H groups in total. The Morgan fingerprint density at radius 2 is 1.76 bits per heavy atom. The van der Waals surface area contributed by atoms with Gasteiger partial charge in [0.05, 0.1) is 11.7 Å². The van der Waals surface area contributed by atoms with Crippen LogP contribution in [-0.4, -0.2) is 50.6 Å². The summed E-state index contributed by atoms with van der Waals surface area (Å²) in [5, 5.41) is 14.3. The molecular weight excluding hydrogens is 296 g/mol. The van der Waals surface area contributed by atoms with Crippen molar-refractivity contribution < 1.29 is 23.1 Å². The van der Waals surface area contributed by atoms with Crippen molar-refractivity contribution in [3.05, 3.63) is 0 Å². The van der Waals surface area contributed by atoms with Crippen molar-refractivity contribution in [2.75, 3.05) is 25.1 Å². The topological polar surface area (TPSA) is 113 Å². The third kappa shape index (κ3) is 7.89. The van der Waals surface area contributed by atoms with E-state index in [0.717, 1.165) is 12.8 Å². The molecule has 0 aromatic heterocycles. The van der Waals surface area contributed by atoms with Gasteiger partial charge in [0, 0.05) is 19.3 Å². The summed E-state index contributed by atoms with van der Waals surface area (Å²) in [6, 6.07) is -0.302. The number of hydrogen-bond donors (Lipinski definition) is 3. The Morgan fingerprint density at radius 1 is 1.14 bits per heavy atom. The second-order valence-corrected chi connectivity index (χ2v) is 7.94. The third-order valence-electron chi connectivity index (χ3n) is 3.72. The standard InChI is InChI=1S/C13H24N2O5S/c1-21(19,20)8-2-7-14-13(18)15-9-10-3-5-11(6-4-10)12(16)17/h10-11H,2-9H2,1H3,(H,16,17)(H2,14,15,18). The van der Waals surface area contributed by atoms with Gasteiger partial charge in [-0.15, -0.1) is 0 Å². The molecular formula is C13H24N2O5S. The molecule has 2 amide bonds. The highest BCUT2D eigenvalue weighted by atomic mass is 32.2. The maximum absolute atomic E-state index is 11.5. The summed E-state index contributed by atoms with van der Waals surface area (Å²) in [7, 11) is -2.98. The number of aliphatic carboxylic acids is 1. The number of urea groups is 1. The van der Waals surface area contributed by atoms with Crippen molar-refractivity contribution in [1.29, 1.82) is 0 Å². The Bertz CT molecular complexity index is 455. The van der Waals surface area contributed by atoms with Crippen LogP contribution in [0.25, 0.3) is 0 Å². The summed E-state index contributed by atoms with van der Waals surface area (Å²) < 4.78 is 21.8. The molecule has 0 saturated heterocycles. The zero-order valence-corrected chi connectivity index (χ0v) is 13.1. The molecule has 8 heteroatoms. The van der Waals surface area contributed by atoms with Crippen LogP contribution in [0.2, 0.25) is 0 Å². The van der Waals surface area contributed by atoms with Gasteiger partial charge in [-0.25, -0.2) is 13.2 Å². The molecule has 0 atom stereocenters. The lowest BCUT2D eigenvalue weighted by Crippen LogP contribution is -2.39. The molecule has 0 aromatic rings. The quantitative estimate of drug-likeness (QED) is 0.595. The molecule has 0 aliphatic heterocycles. The number of carboxylic acid groups (broad SMARTS) is 1. The van der Waals surface area contributed by atoms with Crippen molar-refractivity contribution in [3.8, 4) is 0 Å². The number of amides is 2. The second kappa shape index (κ2) is 8.21. The molecule has 1 aliphatic rings. The fourth-order valence-corrected chi connectivity index (χ4v) is 3.12. The predicted octanol–water partition coefficient (Wildman–Crippen LogP) is 0.611. The van der Waals surface area contributed by atoms with Crippen molar-refractivity contribution >= 4 is 21.8 Å². The van der Waals surface area contributed by atoms with Crippen LogP contribution in [0.5, 0.6) is 0 Å². The number of carboxylic acids is 1. The van der Waals surface area contributed by atoms with E-state index in [9.17, 15) is 18.0 Å². The van der Waals surface area contributed by atoms with E-state index in [2.05, 4.69) is 10.6 Å². The number of sulfone groups is 1. The van der Waals surface area contributed by atoms with Crippen LogP contribution in [-0.2, 0) is 14.6 Å². The van der Waals surface area contributed by atoms with Gasteiger partial charge < -0.3 is 15.7 Å². The maximum Gasteiger partial charge on any atom is 0.314 e. The van der Waals surface area contributed by atoms with E-state index < -0.39 is 15.8 Å². The van der Waals surface area contributed by atoms with Gasteiger partial charge in [-0.05, 0) is 38.0 Å². The highest BCUT2D eigenvalue weighted by Gasteiger charge is 2.25. The van der Waals surface area contributed by atoms with Crippen LogP contribution in [0.15, 0.2) is 0 Å². The van der Waals surface area contributed by atoms with Gasteiger partial charge in [0.15, 0.2) is 0 Å². The van der Waals surface area contributed by atoms with E-state index in [1.165, 1.54) is 6.26 Å². The highest BCUT2D eigenvalue weighted by molar-refractivity contribution is 7.90. The Labute approximate surface area is 125 Å². The zero-order valence-electron chi connectivity index (χ0n) is 12.3. The van der Waals surface area contributed by atoms with E-state index in [1.807, 2.05) is 0 Å². The number of carbonyl (C=O) groups excluding carboxylic acids is 1. The third-order valence-corrected chi connectivity index (χ3v) is 4.76. The fourth-order valence-electron chi connectivity index (χ4n) is 2.45. The molecule has 1 saturated carbocycles. The van der Waals surface area contributed by atoms with Crippen molar-refractivity contribution in [2.24, 2.45) is 11.8 Å². The second-order valence-electron chi connectivity index (χ2n) is 5.68. The van der Waals surface area contributed by atoms with E-state index in [4.69, 9.17) is 5.11 Å². The average Bonchev–Trinajstić information content (AvgIpc) is 2.41. The van der Waals surface area contributed by atoms with Crippen LogP contribution >= 0.6 is 0 Å². The summed E-state index contributed by atoms with van der Waals surface area (Å²) in [5.74, 6) is -0.592. The van der Waals surface area contributed by atoms with Crippen molar-refractivity contribution in [2.45, 2.75) is 32.1 Å². The van der Waals surface area contributed by atoms with Gasteiger partial charge in [0.1, 0.15) is 9.84 Å². The molecule has 0 unspecified atom stereocenters. The summed E-state index contributed by atoms with van der Waals surface area (Å²) >= 11 is 0. The SMILES string of the molecule is CS(=O)(=O)CCCNC(=O)NCC1CCC(C(=O)O)CC1. The van der Waals surface area contributed by atoms with E-state index in [-0.39, 0.29) is 17.7 Å². The Kier molecular flexibility index (Phi) is 6.94. The normalized spacial score (nSPS) is 22.5. The van der Waals surface area contributed by atoms with Gasteiger partial charge >= 0.3 is 12.0 Å². The first-order valence-corrected chi connectivity index (χ1v) is 9.26. The van der Waals surface area contributed by atoms with E-state index in [1.54, 1.807) is 0 Å². The fraction of sp³-hybridized carbons (Fsp3) is 0.846. The lowest BCUT2D eigenvalue weighted by molar-refractivity contribution is -0.143. The van der Waals surface area contributed by atoms with Gasteiger partial charge in [-0.1, -0.05) is 0 Å². The summed E-state index contributed by atoms with van der Waals surface area (Å²) in [6.45, 7) is 0.856. The first kappa shape index (κ1) is 17.7. The summed E-state index contributed by atoms with van der Waals surface area (Å²) in [4.78, 5) is 22.3. The van der Waals surface area contributed by atoms with Gasteiger partial charge in [0.25, 0.3) is 0 Å². The van der Waals surface area contributed by atoms with Crippen LogP contribution in [0.3, 0.4) is 0 Å². The van der Waals surface area contributed by atoms with E-state index >= 15 is 0 Å². The lowest BCUT2D eigenvalue weighted by atomic mass is 9.82. The van der Waals surface area contributed by atoms with Crippen LogP contribution in [0.4, 0.5) is 4.79 Å². The number of nitrogens with one attached hydrogen (secondary N) is 2. The molecule has 0 spiro atoms. The molecule has 122 valence electrons.